The van der Waals surface area contributed by atoms with Crippen LogP contribution >= 0.6 is 11.3 Å². The number of esters is 2. The molecule has 1 aromatic heterocycles. The zero-order valence-electron chi connectivity index (χ0n) is 11.1. The second-order valence-corrected chi connectivity index (χ2v) is 6.79. The highest BCUT2D eigenvalue weighted by molar-refractivity contribution is 7.91. The molecule has 0 radical (unpaired) electrons. The van der Waals surface area contributed by atoms with Gasteiger partial charge in [-0.25, -0.2) is 8.42 Å². The van der Waals surface area contributed by atoms with Crippen LogP contribution < -0.4 is 0 Å². The van der Waals surface area contributed by atoms with Crippen molar-refractivity contribution < 1.29 is 27.5 Å². The first-order valence-electron chi connectivity index (χ1n) is 5.59. The monoisotopic (exact) mass is 321 g/mol. The van der Waals surface area contributed by atoms with Crippen LogP contribution in [0.25, 0.3) is 0 Å². The van der Waals surface area contributed by atoms with Crippen LogP contribution in [0.15, 0.2) is 21.7 Å². The number of carbonyl (C=O) groups excluding carboxylic acids is 2. The van der Waals surface area contributed by atoms with Crippen molar-refractivity contribution >= 4 is 33.3 Å². The highest BCUT2D eigenvalue weighted by atomic mass is 32.2. The van der Waals surface area contributed by atoms with Gasteiger partial charge in [0.1, 0.15) is 10.8 Å². The predicted molar refractivity (Wildman–Crippen MR) is 71.7 cm³/mol. The number of methoxy groups -OCH3 is 2. The van der Waals surface area contributed by atoms with Gasteiger partial charge in [0.25, 0.3) is 10.0 Å². The molecule has 1 rings (SSSR count). The summed E-state index contributed by atoms with van der Waals surface area (Å²) in [5, 5.41) is 1.61. The third-order valence-electron chi connectivity index (χ3n) is 2.42. The Morgan fingerprint density at radius 2 is 1.90 bits per heavy atom. The summed E-state index contributed by atoms with van der Waals surface area (Å²) in [7, 11) is -1.45. The van der Waals surface area contributed by atoms with Crippen molar-refractivity contribution in [1.82, 2.24) is 4.31 Å². The Morgan fingerprint density at radius 1 is 1.25 bits per heavy atom. The molecule has 7 nitrogen and oxygen atoms in total. The minimum absolute atomic E-state index is 0.103. The number of nitrogens with zero attached hydrogens (tertiary/aromatic N) is 1. The average molecular weight is 321 g/mol. The number of ether oxygens (including phenoxy) is 2. The Labute approximate surface area is 121 Å². The molecule has 1 heterocycles. The van der Waals surface area contributed by atoms with Crippen LogP contribution in [0.5, 0.6) is 0 Å². The van der Waals surface area contributed by atoms with Gasteiger partial charge in [0.15, 0.2) is 0 Å². The number of hydrogen-bond donors (Lipinski definition) is 0. The SMILES string of the molecule is COC(=O)CCN(CC(=O)OC)S(=O)(=O)c1cccs1. The second kappa shape index (κ2) is 7.36. The maximum absolute atomic E-state index is 12.3. The van der Waals surface area contributed by atoms with E-state index in [9.17, 15) is 18.0 Å². The smallest absolute Gasteiger partial charge is 0.321 e. The van der Waals surface area contributed by atoms with Crippen molar-refractivity contribution in [3.8, 4) is 0 Å². The summed E-state index contributed by atoms with van der Waals surface area (Å²) >= 11 is 1.03. The number of rotatable bonds is 7. The van der Waals surface area contributed by atoms with Crippen molar-refractivity contribution in [2.24, 2.45) is 0 Å². The van der Waals surface area contributed by atoms with Gasteiger partial charge in [-0.05, 0) is 11.4 Å². The highest BCUT2D eigenvalue weighted by Crippen LogP contribution is 2.21. The summed E-state index contributed by atoms with van der Waals surface area (Å²) in [5.41, 5.74) is 0. The van der Waals surface area contributed by atoms with Crippen LogP contribution in [0, 0.1) is 0 Å². The molecule has 0 bridgehead atoms. The molecule has 0 N–H and O–H groups in total. The van der Waals surface area contributed by atoms with Crippen molar-refractivity contribution in [2.45, 2.75) is 10.6 Å². The van der Waals surface area contributed by atoms with Gasteiger partial charge in [0.2, 0.25) is 0 Å². The van der Waals surface area contributed by atoms with Crippen LogP contribution in [-0.4, -0.2) is 52.0 Å². The van der Waals surface area contributed by atoms with E-state index in [0.29, 0.717) is 0 Å². The largest absolute Gasteiger partial charge is 0.469 e. The van der Waals surface area contributed by atoms with Crippen molar-refractivity contribution in [3.05, 3.63) is 17.5 Å². The molecule has 0 fully saturated rings. The molecule has 0 aliphatic rings. The number of hydrogen-bond acceptors (Lipinski definition) is 7. The molecule has 112 valence electrons. The number of thiophene rings is 1. The van der Waals surface area contributed by atoms with E-state index in [2.05, 4.69) is 9.47 Å². The fourth-order valence-corrected chi connectivity index (χ4v) is 3.88. The zero-order valence-corrected chi connectivity index (χ0v) is 12.7. The standard InChI is InChI=1S/C11H15NO6S2/c1-17-9(13)5-6-12(8-10(14)18-2)20(15,16)11-4-3-7-19-11/h3-4,7H,5-6,8H2,1-2H3. The molecule has 0 amide bonds. The summed E-state index contributed by atoms with van der Waals surface area (Å²) in [4.78, 5) is 22.4. The third kappa shape index (κ3) is 4.29. The van der Waals surface area contributed by atoms with Crippen LogP contribution in [0.1, 0.15) is 6.42 Å². The van der Waals surface area contributed by atoms with E-state index in [-0.39, 0.29) is 17.2 Å². The molecule has 1 aromatic rings. The number of sulfonamides is 1. The van der Waals surface area contributed by atoms with Crippen LogP contribution in [0.2, 0.25) is 0 Å². The Hall–Kier alpha value is -1.45. The van der Waals surface area contributed by atoms with Gasteiger partial charge < -0.3 is 9.47 Å². The van der Waals surface area contributed by atoms with Gasteiger partial charge in [0, 0.05) is 6.54 Å². The topological polar surface area (TPSA) is 90.0 Å². The van der Waals surface area contributed by atoms with Gasteiger partial charge in [-0.2, -0.15) is 4.31 Å². The van der Waals surface area contributed by atoms with E-state index in [0.717, 1.165) is 15.6 Å². The van der Waals surface area contributed by atoms with E-state index >= 15 is 0 Å². The Balaban J connectivity index is 2.92. The Bertz CT molecular complexity index is 551. The fraction of sp³-hybridized carbons (Fsp3) is 0.455. The lowest BCUT2D eigenvalue weighted by Gasteiger charge is -2.19. The molecule has 0 atom stereocenters. The van der Waals surface area contributed by atoms with E-state index in [1.165, 1.54) is 20.3 Å². The van der Waals surface area contributed by atoms with Crippen molar-refractivity contribution in [1.29, 1.82) is 0 Å². The van der Waals surface area contributed by atoms with Gasteiger partial charge >= 0.3 is 11.9 Å². The summed E-state index contributed by atoms with van der Waals surface area (Å²) in [5.74, 6) is -1.25. The lowest BCUT2D eigenvalue weighted by atomic mass is 10.4. The first-order valence-corrected chi connectivity index (χ1v) is 7.91. The van der Waals surface area contributed by atoms with Gasteiger partial charge in [-0.15, -0.1) is 11.3 Å². The summed E-state index contributed by atoms with van der Waals surface area (Å²) in [6, 6.07) is 3.02. The Morgan fingerprint density at radius 3 is 2.40 bits per heavy atom. The number of carbonyl (C=O) groups is 2. The van der Waals surface area contributed by atoms with Gasteiger partial charge in [0.05, 0.1) is 20.6 Å². The van der Waals surface area contributed by atoms with Gasteiger partial charge in [-0.1, -0.05) is 6.07 Å². The quantitative estimate of drug-likeness (QED) is 0.678. The first-order chi connectivity index (χ1) is 9.41. The Kier molecular flexibility index (Phi) is 6.11. The fourth-order valence-electron chi connectivity index (χ4n) is 1.35. The molecule has 0 aliphatic heterocycles. The third-order valence-corrected chi connectivity index (χ3v) is 5.63. The van der Waals surface area contributed by atoms with E-state index in [1.54, 1.807) is 11.4 Å². The lowest BCUT2D eigenvalue weighted by Crippen LogP contribution is -2.37. The predicted octanol–water partition coefficient (Wildman–Crippen LogP) is 0.475. The molecular weight excluding hydrogens is 306 g/mol. The molecule has 9 heteroatoms. The van der Waals surface area contributed by atoms with Crippen LogP contribution in [-0.2, 0) is 29.1 Å². The second-order valence-electron chi connectivity index (χ2n) is 3.67. The maximum Gasteiger partial charge on any atom is 0.321 e. The molecule has 0 aliphatic carbocycles. The highest BCUT2D eigenvalue weighted by Gasteiger charge is 2.28. The van der Waals surface area contributed by atoms with E-state index in [1.807, 2.05) is 0 Å². The molecule has 0 unspecified atom stereocenters. The van der Waals surface area contributed by atoms with Crippen molar-refractivity contribution in [2.75, 3.05) is 27.3 Å². The van der Waals surface area contributed by atoms with E-state index < -0.39 is 28.5 Å². The molecular formula is C11H15NO6S2. The zero-order chi connectivity index (χ0) is 15.2. The molecule has 0 spiro atoms. The van der Waals surface area contributed by atoms with Gasteiger partial charge in [-0.3, -0.25) is 9.59 Å². The summed E-state index contributed by atoms with van der Waals surface area (Å²) in [6.07, 6.45) is -0.141. The van der Waals surface area contributed by atoms with Crippen LogP contribution in [0.3, 0.4) is 0 Å². The summed E-state index contributed by atoms with van der Waals surface area (Å²) in [6.45, 7) is -0.601. The normalized spacial score (nSPS) is 11.3. The lowest BCUT2D eigenvalue weighted by molar-refractivity contribution is -0.143. The minimum atomic E-state index is -3.82. The van der Waals surface area contributed by atoms with E-state index in [4.69, 9.17) is 0 Å². The molecule has 0 aromatic carbocycles. The van der Waals surface area contributed by atoms with Crippen molar-refractivity contribution in [3.63, 3.8) is 0 Å². The minimum Gasteiger partial charge on any atom is -0.469 e. The average Bonchev–Trinajstić information content (AvgIpc) is 2.97. The maximum atomic E-state index is 12.3. The molecule has 0 saturated carbocycles. The molecule has 20 heavy (non-hydrogen) atoms. The summed E-state index contributed by atoms with van der Waals surface area (Å²) < 4.78 is 34.6. The first kappa shape index (κ1) is 16.6. The van der Waals surface area contributed by atoms with Crippen LogP contribution in [0.4, 0.5) is 0 Å². The molecule has 0 saturated heterocycles.